The summed E-state index contributed by atoms with van der Waals surface area (Å²) in [6.45, 7) is 4.87. The molecule has 0 aliphatic heterocycles. The maximum absolute atomic E-state index is 12.5. The first kappa shape index (κ1) is 79.1. The van der Waals surface area contributed by atoms with Crippen LogP contribution in [0, 0.1) is 0 Å². The topological polar surface area (TPSA) is 95.9 Å². The maximum atomic E-state index is 12.5. The highest BCUT2D eigenvalue weighted by molar-refractivity contribution is 5.76. The van der Waals surface area contributed by atoms with Crippen molar-refractivity contribution in [1.29, 1.82) is 0 Å². The summed E-state index contributed by atoms with van der Waals surface area (Å²) in [5.41, 5.74) is 0. The normalized spacial score (nSPS) is 12.7. The van der Waals surface area contributed by atoms with Gasteiger partial charge in [-0.3, -0.25) is 9.59 Å². The Balaban J connectivity index is 3.37. The largest absolute Gasteiger partial charge is 0.466 e. The van der Waals surface area contributed by atoms with Gasteiger partial charge in [0, 0.05) is 12.8 Å². The SMILES string of the molecule is CCC/C=C\C/C=C\CCCCCCCC(=O)OCCCCCCCCCCCCCCCCCCCCCCCCCCCCCCCC(=O)NC(CO)C(O)/C=C/CCCCCCCCCCCCCCCCCCCCCC. The number of carbonyl (C=O) groups is 2. The number of carbonyl (C=O) groups excluding carboxylic acids is 2. The van der Waals surface area contributed by atoms with Crippen molar-refractivity contribution in [2.24, 2.45) is 0 Å². The zero-order valence-corrected chi connectivity index (χ0v) is 54.8. The number of allylic oxidation sites excluding steroid dienone is 5. The van der Waals surface area contributed by atoms with Crippen molar-refractivity contribution >= 4 is 11.9 Å². The van der Waals surface area contributed by atoms with Gasteiger partial charge < -0.3 is 20.3 Å². The molecule has 0 aromatic rings. The van der Waals surface area contributed by atoms with Gasteiger partial charge in [-0.1, -0.05) is 371 Å². The number of amides is 1. The smallest absolute Gasteiger partial charge is 0.305 e. The second-order valence-electron chi connectivity index (χ2n) is 25.3. The lowest BCUT2D eigenvalue weighted by Gasteiger charge is -2.20. The Kier molecular flexibility index (Phi) is 68.9. The Labute approximate surface area is 506 Å². The van der Waals surface area contributed by atoms with E-state index >= 15 is 0 Å². The van der Waals surface area contributed by atoms with Gasteiger partial charge in [0.1, 0.15) is 0 Å². The molecule has 3 N–H and O–H groups in total. The summed E-state index contributed by atoms with van der Waals surface area (Å²) in [6, 6.07) is -0.626. The zero-order chi connectivity index (χ0) is 58.5. The molecule has 0 heterocycles. The number of nitrogens with one attached hydrogen (secondary N) is 1. The number of ether oxygens (including phenoxy) is 1. The highest BCUT2D eigenvalue weighted by Gasteiger charge is 2.18. The molecule has 0 saturated carbocycles. The van der Waals surface area contributed by atoms with Crippen LogP contribution in [0.1, 0.15) is 406 Å². The number of rotatable bonds is 69. The number of aliphatic hydroxyl groups is 2. The molecule has 0 bridgehead atoms. The van der Waals surface area contributed by atoms with E-state index in [4.69, 9.17) is 4.74 Å². The number of hydrogen-bond acceptors (Lipinski definition) is 5. The van der Waals surface area contributed by atoms with E-state index in [0.717, 1.165) is 51.4 Å². The highest BCUT2D eigenvalue weighted by atomic mass is 16.5. The zero-order valence-electron chi connectivity index (χ0n) is 54.8. The van der Waals surface area contributed by atoms with Gasteiger partial charge in [-0.25, -0.2) is 0 Å². The minimum atomic E-state index is -0.843. The number of esters is 1. The molecule has 2 atom stereocenters. The minimum absolute atomic E-state index is 0.00419. The van der Waals surface area contributed by atoms with E-state index in [1.165, 1.54) is 327 Å². The fourth-order valence-electron chi connectivity index (χ4n) is 11.6. The highest BCUT2D eigenvalue weighted by Crippen LogP contribution is 2.19. The molecular weight excluding hydrogens is 995 g/mol. The molecule has 0 aliphatic carbocycles. The van der Waals surface area contributed by atoms with Crippen molar-refractivity contribution in [1.82, 2.24) is 5.32 Å². The second kappa shape index (κ2) is 70.6. The van der Waals surface area contributed by atoms with Crippen molar-refractivity contribution in [2.45, 2.75) is 418 Å². The first-order valence-electron chi connectivity index (χ1n) is 36.8. The van der Waals surface area contributed by atoms with Gasteiger partial charge in [0.15, 0.2) is 0 Å². The van der Waals surface area contributed by atoms with Crippen molar-refractivity contribution in [2.75, 3.05) is 13.2 Å². The van der Waals surface area contributed by atoms with Gasteiger partial charge in [-0.05, 0) is 57.8 Å². The fraction of sp³-hybridized carbons (Fsp3) is 0.893. The van der Waals surface area contributed by atoms with Crippen LogP contribution in [0.4, 0.5) is 0 Å². The summed E-state index contributed by atoms with van der Waals surface area (Å²) >= 11 is 0. The molecule has 2 unspecified atom stereocenters. The Morgan fingerprint density at radius 3 is 0.988 bits per heavy atom. The summed E-state index contributed by atoms with van der Waals surface area (Å²) in [5, 5.41) is 23.3. The Bertz CT molecular complexity index is 1310. The Hall–Kier alpha value is -1.92. The third kappa shape index (κ3) is 67.1. The van der Waals surface area contributed by atoms with E-state index in [2.05, 4.69) is 43.5 Å². The molecule has 81 heavy (non-hydrogen) atoms. The van der Waals surface area contributed by atoms with Gasteiger partial charge in [0.25, 0.3) is 0 Å². The lowest BCUT2D eigenvalue weighted by Crippen LogP contribution is -2.45. The van der Waals surface area contributed by atoms with E-state index < -0.39 is 12.1 Å². The van der Waals surface area contributed by atoms with Crippen LogP contribution >= 0.6 is 0 Å². The maximum Gasteiger partial charge on any atom is 0.305 e. The molecule has 0 fully saturated rings. The van der Waals surface area contributed by atoms with Crippen LogP contribution in [0.5, 0.6) is 0 Å². The number of aliphatic hydroxyl groups excluding tert-OH is 2. The van der Waals surface area contributed by atoms with E-state index in [9.17, 15) is 19.8 Å². The molecule has 0 aliphatic rings. The summed E-state index contributed by atoms with van der Waals surface area (Å²) in [7, 11) is 0. The van der Waals surface area contributed by atoms with Gasteiger partial charge >= 0.3 is 5.97 Å². The predicted molar refractivity (Wildman–Crippen MR) is 356 cm³/mol. The molecule has 6 nitrogen and oxygen atoms in total. The average molecular weight is 1140 g/mol. The Morgan fingerprint density at radius 2 is 0.642 bits per heavy atom. The first-order chi connectivity index (χ1) is 40.0. The summed E-state index contributed by atoms with van der Waals surface area (Å²) in [6.07, 6.45) is 91.0. The number of hydrogen-bond donors (Lipinski definition) is 3. The second-order valence-corrected chi connectivity index (χ2v) is 25.3. The molecule has 0 aromatic heterocycles. The van der Waals surface area contributed by atoms with Crippen LogP contribution < -0.4 is 5.32 Å². The number of unbranched alkanes of at least 4 members (excludes halogenated alkanes) is 54. The summed E-state index contributed by atoms with van der Waals surface area (Å²) in [4.78, 5) is 24.6. The van der Waals surface area contributed by atoms with E-state index in [1.807, 2.05) is 6.08 Å². The molecule has 0 aromatic carbocycles. The molecule has 0 radical (unpaired) electrons. The van der Waals surface area contributed by atoms with E-state index in [-0.39, 0.29) is 18.5 Å². The fourth-order valence-corrected chi connectivity index (χ4v) is 11.6. The molecular formula is C75H143NO5. The Morgan fingerprint density at radius 1 is 0.346 bits per heavy atom. The van der Waals surface area contributed by atoms with Gasteiger partial charge in [-0.15, -0.1) is 0 Å². The van der Waals surface area contributed by atoms with Crippen LogP contribution in [0.25, 0.3) is 0 Å². The molecule has 0 saturated heterocycles. The van der Waals surface area contributed by atoms with Gasteiger partial charge in [-0.2, -0.15) is 0 Å². The lowest BCUT2D eigenvalue weighted by molar-refractivity contribution is -0.143. The van der Waals surface area contributed by atoms with E-state index in [0.29, 0.717) is 19.4 Å². The first-order valence-corrected chi connectivity index (χ1v) is 36.8. The summed E-state index contributed by atoms with van der Waals surface area (Å²) in [5.74, 6) is -0.0561. The standard InChI is InChI=1S/C75H143NO5/c1-3-5-7-9-11-13-15-17-18-19-20-21-31-34-37-40-44-47-51-55-59-63-67-73(78)72(71-77)76-74(79)68-64-60-56-52-48-45-41-38-35-32-29-27-25-23-22-24-26-28-30-33-36-39-42-46-50-54-58-62-66-70-81-75(80)69-65-61-57-53-49-43-16-14-12-10-8-6-4-2/h8,10,14,16,63,67,72-73,77-78H,3-7,9,11-13,15,17-62,64-66,68-71H2,1-2H3,(H,76,79)/b10-8-,16-14-,67-63+. The molecule has 0 rings (SSSR count). The average Bonchev–Trinajstić information content (AvgIpc) is 3.47. The third-order valence-corrected chi connectivity index (χ3v) is 17.1. The van der Waals surface area contributed by atoms with E-state index in [1.54, 1.807) is 6.08 Å². The van der Waals surface area contributed by atoms with Gasteiger partial charge in [0.2, 0.25) is 5.91 Å². The van der Waals surface area contributed by atoms with Crippen molar-refractivity contribution < 1.29 is 24.5 Å². The van der Waals surface area contributed by atoms with Crippen molar-refractivity contribution in [3.8, 4) is 0 Å². The van der Waals surface area contributed by atoms with Crippen molar-refractivity contribution in [3.63, 3.8) is 0 Å². The van der Waals surface area contributed by atoms with Crippen LogP contribution in [0.3, 0.4) is 0 Å². The predicted octanol–water partition coefficient (Wildman–Crippen LogP) is 23.9. The van der Waals surface area contributed by atoms with Crippen LogP contribution in [0.15, 0.2) is 36.5 Å². The summed E-state index contributed by atoms with van der Waals surface area (Å²) < 4.78 is 5.48. The monoisotopic (exact) mass is 1140 g/mol. The van der Waals surface area contributed by atoms with Crippen LogP contribution in [-0.4, -0.2) is 47.4 Å². The van der Waals surface area contributed by atoms with Crippen LogP contribution in [-0.2, 0) is 14.3 Å². The molecule has 6 heteroatoms. The molecule has 478 valence electrons. The quantitative estimate of drug-likeness (QED) is 0.0320. The van der Waals surface area contributed by atoms with Gasteiger partial charge in [0.05, 0.1) is 25.4 Å². The van der Waals surface area contributed by atoms with Crippen molar-refractivity contribution in [3.05, 3.63) is 36.5 Å². The molecule has 0 spiro atoms. The molecule has 1 amide bonds. The lowest BCUT2D eigenvalue weighted by atomic mass is 10.0. The van der Waals surface area contributed by atoms with Crippen LogP contribution in [0.2, 0.25) is 0 Å². The third-order valence-electron chi connectivity index (χ3n) is 17.1. The minimum Gasteiger partial charge on any atom is -0.466 e.